The van der Waals surface area contributed by atoms with Crippen LogP contribution in [0, 0.1) is 26.7 Å². The zero-order chi connectivity index (χ0) is 14.0. The molecule has 3 nitrogen and oxygen atoms in total. The van der Waals surface area contributed by atoms with Crippen LogP contribution in [-0.2, 0) is 6.54 Å². The Hall–Kier alpha value is -1.06. The zero-order valence-electron chi connectivity index (χ0n) is 12.5. The lowest BCUT2D eigenvalue weighted by molar-refractivity contribution is 0.256. The average molecular weight is 262 g/mol. The van der Waals surface area contributed by atoms with E-state index < -0.39 is 0 Å². The van der Waals surface area contributed by atoms with Crippen LogP contribution in [0.5, 0.6) is 5.75 Å². The van der Waals surface area contributed by atoms with Gasteiger partial charge in [0.15, 0.2) is 0 Å². The van der Waals surface area contributed by atoms with Crippen LogP contribution >= 0.6 is 0 Å². The third-order valence-corrected chi connectivity index (χ3v) is 4.44. The molecule has 106 valence electrons. The fraction of sp³-hybridized carbons (Fsp3) is 0.625. The lowest BCUT2D eigenvalue weighted by Gasteiger charge is -2.32. The van der Waals surface area contributed by atoms with Crippen molar-refractivity contribution in [1.29, 1.82) is 0 Å². The van der Waals surface area contributed by atoms with Gasteiger partial charge in [0.05, 0.1) is 7.11 Å². The van der Waals surface area contributed by atoms with E-state index in [-0.39, 0.29) is 0 Å². The second kappa shape index (κ2) is 5.93. The summed E-state index contributed by atoms with van der Waals surface area (Å²) in [5.74, 6) is 1.76. The van der Waals surface area contributed by atoms with Crippen LogP contribution in [0.3, 0.4) is 0 Å². The summed E-state index contributed by atoms with van der Waals surface area (Å²) in [6.45, 7) is 8.49. The molecule has 3 heteroatoms. The van der Waals surface area contributed by atoms with Crippen molar-refractivity contribution in [3.8, 4) is 5.75 Å². The second-order valence-electron chi connectivity index (χ2n) is 5.85. The summed E-state index contributed by atoms with van der Waals surface area (Å²) in [5, 5.41) is 3.57. The van der Waals surface area contributed by atoms with E-state index >= 15 is 0 Å². The largest absolute Gasteiger partial charge is 0.496 e. The molecule has 0 atom stereocenters. The predicted molar refractivity (Wildman–Crippen MR) is 79.6 cm³/mol. The molecule has 1 aliphatic carbocycles. The molecule has 2 rings (SSSR count). The maximum atomic E-state index is 5.81. The van der Waals surface area contributed by atoms with Gasteiger partial charge in [-0.15, -0.1) is 0 Å². The molecule has 0 spiro atoms. The molecule has 1 aromatic carbocycles. The quantitative estimate of drug-likeness (QED) is 0.857. The monoisotopic (exact) mass is 262 g/mol. The molecule has 0 aromatic heterocycles. The van der Waals surface area contributed by atoms with E-state index in [0.29, 0.717) is 6.04 Å². The summed E-state index contributed by atoms with van der Waals surface area (Å²) < 4.78 is 5.41. The molecule has 0 heterocycles. The molecule has 1 fully saturated rings. The zero-order valence-corrected chi connectivity index (χ0v) is 12.5. The SMILES string of the molecule is COc1cc(C)c(CNCC2CC(N)C2)c(C)c1C. The molecule has 0 unspecified atom stereocenters. The maximum absolute atomic E-state index is 5.81. The fourth-order valence-corrected chi connectivity index (χ4v) is 2.94. The van der Waals surface area contributed by atoms with Crippen LogP contribution in [0.4, 0.5) is 0 Å². The van der Waals surface area contributed by atoms with E-state index in [4.69, 9.17) is 10.5 Å². The Morgan fingerprint density at radius 1 is 1.26 bits per heavy atom. The Morgan fingerprint density at radius 3 is 2.53 bits per heavy atom. The minimum absolute atomic E-state index is 0.443. The first kappa shape index (κ1) is 14.4. The van der Waals surface area contributed by atoms with Crippen LogP contribution in [0.2, 0.25) is 0 Å². The van der Waals surface area contributed by atoms with Crippen LogP contribution in [0.25, 0.3) is 0 Å². The number of nitrogens with two attached hydrogens (primary N) is 1. The standard InChI is InChI=1S/C16H26N2O/c1-10-5-16(19-4)12(3)11(2)15(10)9-18-8-13-6-14(17)7-13/h5,13-14,18H,6-9,17H2,1-4H3. The van der Waals surface area contributed by atoms with E-state index in [2.05, 4.69) is 32.2 Å². The van der Waals surface area contributed by atoms with E-state index in [0.717, 1.165) is 24.8 Å². The number of hydrogen-bond donors (Lipinski definition) is 2. The number of aryl methyl sites for hydroxylation is 1. The van der Waals surface area contributed by atoms with Crippen LogP contribution in [-0.4, -0.2) is 19.7 Å². The van der Waals surface area contributed by atoms with E-state index in [9.17, 15) is 0 Å². The number of methoxy groups -OCH3 is 1. The van der Waals surface area contributed by atoms with E-state index in [1.807, 2.05) is 0 Å². The highest BCUT2D eigenvalue weighted by atomic mass is 16.5. The first-order valence-electron chi connectivity index (χ1n) is 7.12. The molecule has 1 saturated carbocycles. The van der Waals surface area contributed by atoms with Gasteiger partial charge >= 0.3 is 0 Å². The summed E-state index contributed by atoms with van der Waals surface area (Å²) in [4.78, 5) is 0. The third kappa shape index (κ3) is 3.10. The molecule has 3 N–H and O–H groups in total. The number of hydrogen-bond acceptors (Lipinski definition) is 3. The molecular weight excluding hydrogens is 236 g/mol. The Labute approximate surface area is 116 Å². The molecule has 19 heavy (non-hydrogen) atoms. The Kier molecular flexibility index (Phi) is 4.48. The van der Waals surface area contributed by atoms with Crippen molar-refractivity contribution in [3.05, 3.63) is 28.3 Å². The van der Waals surface area contributed by atoms with Crippen molar-refractivity contribution in [2.75, 3.05) is 13.7 Å². The highest BCUT2D eigenvalue weighted by Crippen LogP contribution is 2.28. The van der Waals surface area contributed by atoms with Crippen LogP contribution in [0.1, 0.15) is 35.1 Å². The van der Waals surface area contributed by atoms with Gasteiger partial charge in [-0.3, -0.25) is 0 Å². The Balaban J connectivity index is 1.98. The molecular formula is C16H26N2O. The van der Waals surface area contributed by atoms with Gasteiger partial charge in [-0.2, -0.15) is 0 Å². The fourth-order valence-electron chi connectivity index (χ4n) is 2.94. The first-order valence-corrected chi connectivity index (χ1v) is 7.12. The van der Waals surface area contributed by atoms with Crippen molar-refractivity contribution in [2.24, 2.45) is 11.7 Å². The van der Waals surface area contributed by atoms with Crippen molar-refractivity contribution in [1.82, 2.24) is 5.32 Å². The normalized spacial score (nSPS) is 22.2. The third-order valence-electron chi connectivity index (χ3n) is 4.44. The molecule has 1 aromatic rings. The van der Waals surface area contributed by atoms with Gasteiger partial charge < -0.3 is 15.8 Å². The van der Waals surface area contributed by atoms with Crippen molar-refractivity contribution in [3.63, 3.8) is 0 Å². The molecule has 0 radical (unpaired) electrons. The second-order valence-corrected chi connectivity index (χ2v) is 5.85. The minimum Gasteiger partial charge on any atom is -0.496 e. The van der Waals surface area contributed by atoms with Gasteiger partial charge in [0.2, 0.25) is 0 Å². The average Bonchev–Trinajstić information content (AvgIpc) is 2.35. The van der Waals surface area contributed by atoms with Gasteiger partial charge in [0.1, 0.15) is 5.75 Å². The smallest absolute Gasteiger partial charge is 0.122 e. The molecule has 0 bridgehead atoms. The summed E-state index contributed by atoms with van der Waals surface area (Å²) in [7, 11) is 1.74. The van der Waals surface area contributed by atoms with Gasteiger partial charge in [-0.1, -0.05) is 0 Å². The van der Waals surface area contributed by atoms with Gasteiger partial charge in [0.25, 0.3) is 0 Å². The van der Waals surface area contributed by atoms with E-state index in [1.54, 1.807) is 7.11 Å². The van der Waals surface area contributed by atoms with Crippen molar-refractivity contribution >= 4 is 0 Å². The Bertz CT molecular complexity index is 451. The number of ether oxygens (including phenoxy) is 1. The topological polar surface area (TPSA) is 47.3 Å². The van der Waals surface area contributed by atoms with Gasteiger partial charge in [0, 0.05) is 12.6 Å². The maximum Gasteiger partial charge on any atom is 0.122 e. The summed E-state index contributed by atoms with van der Waals surface area (Å²) in [5.41, 5.74) is 11.1. The number of benzene rings is 1. The summed E-state index contributed by atoms with van der Waals surface area (Å²) in [6.07, 6.45) is 2.35. The number of rotatable bonds is 5. The molecule has 1 aliphatic rings. The predicted octanol–water partition coefficient (Wildman–Crippen LogP) is 2.45. The minimum atomic E-state index is 0.443. The lowest BCUT2D eigenvalue weighted by Crippen LogP contribution is -2.41. The summed E-state index contributed by atoms with van der Waals surface area (Å²) in [6, 6.07) is 2.58. The molecule has 0 amide bonds. The lowest BCUT2D eigenvalue weighted by atomic mass is 9.81. The number of nitrogens with one attached hydrogen (secondary N) is 1. The van der Waals surface area contributed by atoms with Crippen LogP contribution < -0.4 is 15.8 Å². The highest BCUT2D eigenvalue weighted by Gasteiger charge is 2.25. The van der Waals surface area contributed by atoms with Gasteiger partial charge in [-0.05, 0) is 74.4 Å². The Morgan fingerprint density at radius 2 is 1.95 bits per heavy atom. The van der Waals surface area contributed by atoms with E-state index in [1.165, 1.54) is 35.1 Å². The molecule has 0 aliphatic heterocycles. The van der Waals surface area contributed by atoms with Crippen molar-refractivity contribution < 1.29 is 4.74 Å². The molecule has 0 saturated heterocycles. The first-order chi connectivity index (χ1) is 9.02. The van der Waals surface area contributed by atoms with Crippen molar-refractivity contribution in [2.45, 2.75) is 46.2 Å². The summed E-state index contributed by atoms with van der Waals surface area (Å²) >= 11 is 0. The highest BCUT2D eigenvalue weighted by molar-refractivity contribution is 5.48. The van der Waals surface area contributed by atoms with Gasteiger partial charge in [-0.25, -0.2) is 0 Å². The van der Waals surface area contributed by atoms with Crippen LogP contribution in [0.15, 0.2) is 6.07 Å².